The number of ketones is 2. The molecule has 0 radical (unpaired) electrons. The van der Waals surface area contributed by atoms with Gasteiger partial charge in [0.15, 0.2) is 17.9 Å². The number of alkyl carbamates (subject to hydrolysis) is 1. The van der Waals surface area contributed by atoms with E-state index in [0.717, 1.165) is 0 Å². The Labute approximate surface area is 291 Å². The first-order chi connectivity index (χ1) is 23.3. The first kappa shape index (κ1) is 36.6. The van der Waals surface area contributed by atoms with Crippen LogP contribution in [-0.2, 0) is 31.9 Å². The molecule has 2 aliphatic carbocycles. The molecule has 266 valence electrons. The summed E-state index contributed by atoms with van der Waals surface area (Å²) in [5.74, 6) is -2.59. The van der Waals surface area contributed by atoms with Crippen LogP contribution in [0.4, 0.5) is 10.5 Å². The number of fused-ring (bicyclic) bond motifs is 3. The minimum Gasteiger partial charge on any atom is -0.507 e. The molecule has 50 heavy (non-hydrogen) atoms. The number of aromatic hydroxyl groups is 2. The van der Waals surface area contributed by atoms with Gasteiger partial charge in [0.1, 0.15) is 23.7 Å². The maximum absolute atomic E-state index is 13.6. The third kappa shape index (κ3) is 6.63. The topological polar surface area (TPSA) is 230 Å². The van der Waals surface area contributed by atoms with Gasteiger partial charge in [0, 0.05) is 66.3 Å². The number of carbonyl (C=O) groups excluding carboxylic acids is 3. The Morgan fingerprint density at radius 1 is 1.08 bits per heavy atom. The van der Waals surface area contributed by atoms with Gasteiger partial charge < -0.3 is 45.3 Å². The van der Waals surface area contributed by atoms with Crippen LogP contribution in [0.15, 0.2) is 48.5 Å². The molecule has 0 spiro atoms. The average Bonchev–Trinajstić information content (AvgIpc) is 3.06. The quantitative estimate of drug-likeness (QED) is 0.100. The van der Waals surface area contributed by atoms with E-state index in [1.54, 1.807) is 25.1 Å². The van der Waals surface area contributed by atoms with Gasteiger partial charge in [0.25, 0.3) is 5.69 Å². The second kappa shape index (κ2) is 14.3. The maximum atomic E-state index is 13.6. The van der Waals surface area contributed by atoms with Gasteiger partial charge in [0.2, 0.25) is 0 Å². The molecular weight excluding hydrogens is 678 g/mol. The van der Waals surface area contributed by atoms with Crippen molar-refractivity contribution >= 4 is 35.8 Å². The first-order valence-corrected chi connectivity index (χ1v) is 15.6. The lowest BCUT2D eigenvalue weighted by Gasteiger charge is -2.43. The molecule has 16 heteroatoms. The van der Waals surface area contributed by atoms with Gasteiger partial charge in [-0.05, 0) is 6.92 Å². The van der Waals surface area contributed by atoms with Gasteiger partial charge in [-0.1, -0.05) is 42.5 Å². The second-order valence-electron chi connectivity index (χ2n) is 12.5. The van der Waals surface area contributed by atoms with Crippen molar-refractivity contribution < 1.29 is 53.6 Å². The molecule has 0 bridgehead atoms. The van der Waals surface area contributed by atoms with Gasteiger partial charge in [-0.3, -0.25) is 19.7 Å². The summed E-state index contributed by atoms with van der Waals surface area (Å²) in [7, 11) is 1.50. The molecule has 1 heterocycles. The van der Waals surface area contributed by atoms with Crippen molar-refractivity contribution in [2.45, 2.75) is 69.0 Å². The van der Waals surface area contributed by atoms with Crippen LogP contribution in [0.2, 0.25) is 0 Å². The molecule has 6 rings (SSSR count). The highest BCUT2D eigenvalue weighted by Crippen LogP contribution is 2.52. The summed E-state index contributed by atoms with van der Waals surface area (Å²) in [6, 6.07) is 11.4. The minimum absolute atomic E-state index is 0. The summed E-state index contributed by atoms with van der Waals surface area (Å²) in [6.07, 6.45) is -4.72. The number of methoxy groups -OCH3 is 1. The van der Waals surface area contributed by atoms with Gasteiger partial charge >= 0.3 is 6.09 Å². The number of para-hydroxylation sites is 1. The highest BCUT2D eigenvalue weighted by atomic mass is 35.5. The number of nitro benzene ring substituents is 1. The van der Waals surface area contributed by atoms with Crippen LogP contribution in [0.1, 0.15) is 74.4 Å². The molecule has 1 unspecified atom stereocenters. The third-order valence-electron chi connectivity index (χ3n) is 9.24. The van der Waals surface area contributed by atoms with Crippen molar-refractivity contribution in [1.29, 1.82) is 0 Å². The van der Waals surface area contributed by atoms with Crippen LogP contribution in [0, 0.1) is 10.1 Å². The zero-order chi connectivity index (χ0) is 35.2. The van der Waals surface area contributed by atoms with Gasteiger partial charge in [-0.15, -0.1) is 12.4 Å². The molecule has 15 nitrogen and oxygen atoms in total. The number of nitrogens with one attached hydrogen (secondary N) is 1. The molecule has 0 aromatic heterocycles. The van der Waals surface area contributed by atoms with Crippen molar-refractivity contribution in [3.8, 4) is 11.5 Å². The second-order valence-corrected chi connectivity index (χ2v) is 12.5. The molecule has 1 fully saturated rings. The molecule has 0 saturated carbocycles. The molecule has 6 N–H and O–H groups in total. The van der Waals surface area contributed by atoms with Crippen molar-refractivity contribution in [2.75, 3.05) is 13.7 Å². The molecular formula is C34H36ClN3O12. The molecule has 3 aromatic rings. The Kier molecular flexibility index (Phi) is 10.5. The van der Waals surface area contributed by atoms with Crippen LogP contribution in [0.25, 0.3) is 0 Å². The van der Waals surface area contributed by atoms with Gasteiger partial charge in [-0.25, -0.2) is 4.79 Å². The molecule has 1 amide bonds. The normalized spacial score (nSPS) is 25.4. The number of nitrogens with zero attached hydrogens (tertiary/aromatic N) is 1. The van der Waals surface area contributed by atoms with Crippen molar-refractivity contribution in [1.82, 2.24) is 5.32 Å². The molecule has 3 aromatic carbocycles. The Bertz CT molecular complexity index is 1840. The average molecular weight is 714 g/mol. The summed E-state index contributed by atoms with van der Waals surface area (Å²) in [4.78, 5) is 50.7. The predicted molar refractivity (Wildman–Crippen MR) is 176 cm³/mol. The van der Waals surface area contributed by atoms with Crippen LogP contribution >= 0.6 is 12.4 Å². The lowest BCUT2D eigenvalue weighted by Crippen LogP contribution is -2.53. The molecule has 3 aliphatic rings. The van der Waals surface area contributed by atoms with Crippen LogP contribution in [0.5, 0.6) is 11.5 Å². The number of phenolic OH excluding ortho intramolecular Hbond substituents is 2. The third-order valence-corrected chi connectivity index (χ3v) is 9.24. The Morgan fingerprint density at radius 2 is 1.70 bits per heavy atom. The number of carbonyl (C=O) groups is 3. The monoisotopic (exact) mass is 713 g/mol. The van der Waals surface area contributed by atoms with Crippen LogP contribution in [-0.4, -0.2) is 81.8 Å². The Balaban J connectivity index is 0.00000486. The number of amides is 1. The van der Waals surface area contributed by atoms with Crippen molar-refractivity contribution in [2.24, 2.45) is 5.73 Å². The van der Waals surface area contributed by atoms with E-state index in [0.29, 0.717) is 0 Å². The number of rotatable bonds is 8. The smallest absolute Gasteiger partial charge is 0.407 e. The van der Waals surface area contributed by atoms with Crippen molar-refractivity contribution in [3.05, 3.63) is 97.6 Å². The Morgan fingerprint density at radius 3 is 2.32 bits per heavy atom. The molecule has 6 atom stereocenters. The van der Waals surface area contributed by atoms with Crippen LogP contribution in [0.3, 0.4) is 0 Å². The van der Waals surface area contributed by atoms with E-state index >= 15 is 0 Å². The first-order valence-electron chi connectivity index (χ1n) is 15.6. The summed E-state index contributed by atoms with van der Waals surface area (Å²) < 4.78 is 23.1. The fraction of sp³-hybridized carbons (Fsp3) is 0.382. The summed E-state index contributed by atoms with van der Waals surface area (Å²) >= 11 is 0. The molecule has 1 saturated heterocycles. The minimum atomic E-state index is -1.93. The van der Waals surface area contributed by atoms with Crippen LogP contribution < -0.4 is 11.1 Å². The number of phenols is 2. The van der Waals surface area contributed by atoms with E-state index in [4.69, 9.17) is 24.7 Å². The van der Waals surface area contributed by atoms with E-state index in [1.165, 1.54) is 37.4 Å². The lowest BCUT2D eigenvalue weighted by atomic mass is 9.73. The molecule has 1 aliphatic heterocycles. The number of halogens is 1. The lowest BCUT2D eigenvalue weighted by molar-refractivity contribution is -0.385. The zero-order valence-corrected chi connectivity index (χ0v) is 27.8. The number of hydrogen-bond donors (Lipinski definition) is 5. The maximum Gasteiger partial charge on any atom is 0.407 e. The highest BCUT2D eigenvalue weighted by Gasteiger charge is 2.48. The van der Waals surface area contributed by atoms with E-state index in [-0.39, 0.29) is 65.3 Å². The largest absolute Gasteiger partial charge is 0.507 e. The highest BCUT2D eigenvalue weighted by molar-refractivity contribution is 6.30. The zero-order valence-electron chi connectivity index (χ0n) is 27.0. The number of nitrogens with two attached hydrogens (primary N) is 1. The number of ether oxygens (including phenoxy) is 4. The fourth-order valence-corrected chi connectivity index (χ4v) is 6.95. The summed E-state index contributed by atoms with van der Waals surface area (Å²) in [5.41, 5.74) is 3.60. The number of nitro groups is 1. The number of hydrogen-bond acceptors (Lipinski definition) is 13. The van der Waals surface area contributed by atoms with E-state index in [9.17, 15) is 39.8 Å². The predicted octanol–water partition coefficient (Wildman–Crippen LogP) is 3.34. The van der Waals surface area contributed by atoms with Gasteiger partial charge in [0.05, 0.1) is 40.9 Å². The SMILES string of the molecule is CO[C@@H]1[C@@H](N)C[C@H](O[C@H]2CC(O)(COC(=O)NCc3ccccc3[N+](=O)[O-])Cc3c(O)c4c(c(O)c32)C(=O)c2ccccc2C4=O)O[C@@H]1C.Cl. The fourth-order valence-electron chi connectivity index (χ4n) is 6.95. The summed E-state index contributed by atoms with van der Waals surface area (Å²) in [5, 5.41) is 48.9. The van der Waals surface area contributed by atoms with E-state index in [1.807, 2.05) is 0 Å². The van der Waals surface area contributed by atoms with E-state index < -0.39 is 94.5 Å². The number of benzene rings is 3. The Hall–Kier alpha value is -4.64. The number of aliphatic hydroxyl groups is 1. The van der Waals surface area contributed by atoms with E-state index in [2.05, 4.69) is 5.32 Å². The van der Waals surface area contributed by atoms with Crippen molar-refractivity contribution in [3.63, 3.8) is 0 Å². The summed E-state index contributed by atoms with van der Waals surface area (Å²) in [6.45, 7) is 0.864. The standard InChI is InChI=1S/C34H35N3O12.ClH/c1-16-32(46-2)21(35)11-24(48-16)49-23-13-34(43,15-47-33(42)36-14-17-7-3-6-10-22(17)37(44)45)12-20-25(23)31(41)27-26(30(20)40)28(38)18-8-4-5-9-19(18)29(27)39;/h3-10,16,21,23-24,32,40-41,43H,11-15,35H2,1-2H3,(H,36,42);1H/t16-,21+,23+,24+,32+,34?;/m1./s1. The van der Waals surface area contributed by atoms with Gasteiger partial charge in [-0.2, -0.15) is 0 Å².